The first-order valence-corrected chi connectivity index (χ1v) is 6.65. The van der Waals surface area contributed by atoms with Gasteiger partial charge in [-0.05, 0) is 24.0 Å². The number of hydrogen-bond donors (Lipinski definition) is 2. The molecule has 2 N–H and O–H groups in total. The lowest BCUT2D eigenvalue weighted by Crippen LogP contribution is -2.45. The smallest absolute Gasteiger partial charge is 0.326 e. The second-order valence-electron chi connectivity index (χ2n) is 5.18. The topological polar surface area (TPSA) is 69.6 Å². The number of carbonyl (C=O) groups is 2. The van der Waals surface area contributed by atoms with Crippen LogP contribution in [0.3, 0.4) is 0 Å². The fourth-order valence-electron chi connectivity index (χ4n) is 1.66. The maximum atomic E-state index is 11.8. The summed E-state index contributed by atoms with van der Waals surface area (Å²) in [6.07, 6.45) is 0. The molecule has 1 aromatic carbocycles. The van der Waals surface area contributed by atoms with Gasteiger partial charge in [-0.25, -0.2) is 9.59 Å². The Morgan fingerprint density at radius 3 is 2.20 bits per heavy atom. The van der Waals surface area contributed by atoms with Gasteiger partial charge in [0.05, 0.1) is 0 Å². The Morgan fingerprint density at radius 2 is 1.75 bits per heavy atom. The highest BCUT2D eigenvalue weighted by Crippen LogP contribution is 2.14. The molecule has 1 atom stereocenters. The monoisotopic (exact) mass is 278 g/mol. The fourth-order valence-corrected chi connectivity index (χ4v) is 1.66. The van der Waals surface area contributed by atoms with Crippen LogP contribution in [0.15, 0.2) is 24.3 Å². The number of nitrogens with zero attached hydrogens (tertiary/aromatic N) is 1. The number of amides is 2. The number of benzene rings is 1. The minimum atomic E-state index is -1.02. The lowest BCUT2D eigenvalue weighted by Gasteiger charge is -2.21. The van der Waals surface area contributed by atoms with E-state index in [2.05, 4.69) is 19.2 Å². The van der Waals surface area contributed by atoms with Crippen LogP contribution in [-0.4, -0.2) is 35.1 Å². The highest BCUT2D eigenvalue weighted by atomic mass is 16.4. The minimum Gasteiger partial charge on any atom is -0.480 e. The van der Waals surface area contributed by atoms with Crippen molar-refractivity contribution < 1.29 is 14.7 Å². The Labute approximate surface area is 119 Å². The lowest BCUT2D eigenvalue weighted by molar-refractivity contribution is -0.141. The van der Waals surface area contributed by atoms with Crippen molar-refractivity contribution in [2.75, 3.05) is 7.05 Å². The zero-order valence-electron chi connectivity index (χ0n) is 12.4. The molecule has 0 aliphatic heterocycles. The Bertz CT molecular complexity index is 469. The van der Waals surface area contributed by atoms with E-state index in [4.69, 9.17) is 5.11 Å². The predicted octanol–water partition coefficient (Wildman–Crippen LogP) is 2.42. The number of likely N-dealkylation sites (N-methyl/N-ethyl adjacent to an activating group) is 1. The molecule has 0 radical (unpaired) electrons. The van der Waals surface area contributed by atoms with Crippen LogP contribution in [0.5, 0.6) is 0 Å². The van der Waals surface area contributed by atoms with E-state index in [0.717, 1.165) is 5.56 Å². The number of carboxylic acids is 1. The van der Waals surface area contributed by atoms with Gasteiger partial charge in [-0.3, -0.25) is 0 Å². The standard InChI is InChI=1S/C15H22N2O3/c1-10(2)13-7-5-12(6-8-13)9-16-15(20)17(4)11(3)14(18)19/h5-8,10-11H,9H2,1-4H3,(H,16,20)(H,18,19). The number of urea groups is 1. The second kappa shape index (κ2) is 6.93. The summed E-state index contributed by atoms with van der Waals surface area (Å²) < 4.78 is 0. The van der Waals surface area contributed by atoms with Gasteiger partial charge in [-0.15, -0.1) is 0 Å². The number of carboxylic acid groups (broad SMARTS) is 1. The molecular weight excluding hydrogens is 256 g/mol. The van der Waals surface area contributed by atoms with Gasteiger partial charge in [-0.2, -0.15) is 0 Å². The van der Waals surface area contributed by atoms with Gasteiger partial charge in [0.15, 0.2) is 0 Å². The van der Waals surface area contributed by atoms with Gasteiger partial charge < -0.3 is 15.3 Å². The molecule has 5 nitrogen and oxygen atoms in total. The first kappa shape index (κ1) is 16.0. The molecule has 0 spiro atoms. The van der Waals surface area contributed by atoms with Gasteiger partial charge >= 0.3 is 12.0 Å². The van der Waals surface area contributed by atoms with Crippen LogP contribution < -0.4 is 5.32 Å². The summed E-state index contributed by atoms with van der Waals surface area (Å²) in [4.78, 5) is 23.8. The molecule has 1 rings (SSSR count). The number of carbonyl (C=O) groups excluding carboxylic acids is 1. The average Bonchev–Trinajstić information content (AvgIpc) is 2.43. The van der Waals surface area contributed by atoms with E-state index in [0.29, 0.717) is 12.5 Å². The zero-order chi connectivity index (χ0) is 15.3. The summed E-state index contributed by atoms with van der Waals surface area (Å²) in [6.45, 7) is 6.10. The highest BCUT2D eigenvalue weighted by molar-refractivity contribution is 5.82. The van der Waals surface area contributed by atoms with E-state index in [1.54, 1.807) is 0 Å². The highest BCUT2D eigenvalue weighted by Gasteiger charge is 2.21. The van der Waals surface area contributed by atoms with Crippen molar-refractivity contribution in [3.05, 3.63) is 35.4 Å². The summed E-state index contributed by atoms with van der Waals surface area (Å²) in [6, 6.07) is 6.77. The number of nitrogens with one attached hydrogen (secondary N) is 1. The molecule has 0 fully saturated rings. The summed E-state index contributed by atoms with van der Waals surface area (Å²) in [5, 5.41) is 11.6. The van der Waals surface area contributed by atoms with Crippen molar-refractivity contribution in [2.24, 2.45) is 0 Å². The Balaban J connectivity index is 2.54. The first-order chi connectivity index (χ1) is 9.32. The molecule has 20 heavy (non-hydrogen) atoms. The van der Waals surface area contributed by atoms with E-state index in [-0.39, 0.29) is 0 Å². The molecule has 0 aliphatic carbocycles. The minimum absolute atomic E-state index is 0.383. The normalized spacial score (nSPS) is 12.1. The maximum absolute atomic E-state index is 11.8. The van der Waals surface area contributed by atoms with Crippen molar-refractivity contribution in [1.82, 2.24) is 10.2 Å². The molecule has 0 saturated heterocycles. The van der Waals surface area contributed by atoms with E-state index in [9.17, 15) is 9.59 Å². The third kappa shape index (κ3) is 4.26. The summed E-state index contributed by atoms with van der Waals surface area (Å²) in [5.74, 6) is -0.551. The van der Waals surface area contributed by atoms with Crippen molar-refractivity contribution in [1.29, 1.82) is 0 Å². The van der Waals surface area contributed by atoms with Crippen LogP contribution >= 0.6 is 0 Å². The Hall–Kier alpha value is -2.04. The van der Waals surface area contributed by atoms with Gasteiger partial charge in [-0.1, -0.05) is 38.1 Å². The van der Waals surface area contributed by atoms with Crippen LogP contribution in [-0.2, 0) is 11.3 Å². The van der Waals surface area contributed by atoms with Crippen LogP contribution in [0, 0.1) is 0 Å². The lowest BCUT2D eigenvalue weighted by atomic mass is 10.0. The predicted molar refractivity (Wildman–Crippen MR) is 77.6 cm³/mol. The molecule has 5 heteroatoms. The molecule has 0 saturated carbocycles. The molecular formula is C15H22N2O3. The Kier molecular flexibility index (Phi) is 5.55. The van der Waals surface area contributed by atoms with E-state index in [1.165, 1.54) is 24.4 Å². The van der Waals surface area contributed by atoms with Crippen LogP contribution in [0.4, 0.5) is 4.79 Å². The third-order valence-corrected chi connectivity index (χ3v) is 3.35. The van der Waals surface area contributed by atoms with Crippen LogP contribution in [0.25, 0.3) is 0 Å². The van der Waals surface area contributed by atoms with Crippen molar-refractivity contribution in [3.8, 4) is 0 Å². The number of aliphatic carboxylic acids is 1. The third-order valence-electron chi connectivity index (χ3n) is 3.35. The quantitative estimate of drug-likeness (QED) is 0.869. The van der Waals surface area contributed by atoms with Gasteiger partial charge in [0.1, 0.15) is 6.04 Å². The molecule has 2 amide bonds. The van der Waals surface area contributed by atoms with E-state index < -0.39 is 18.0 Å². The molecule has 0 bridgehead atoms. The van der Waals surface area contributed by atoms with Crippen molar-refractivity contribution in [2.45, 2.75) is 39.3 Å². The molecule has 1 unspecified atom stereocenters. The van der Waals surface area contributed by atoms with E-state index >= 15 is 0 Å². The van der Waals surface area contributed by atoms with Crippen LogP contribution in [0.2, 0.25) is 0 Å². The summed E-state index contributed by atoms with van der Waals surface area (Å²) in [5.41, 5.74) is 2.23. The average molecular weight is 278 g/mol. The molecule has 0 aliphatic rings. The van der Waals surface area contributed by atoms with Gasteiger partial charge in [0.25, 0.3) is 0 Å². The maximum Gasteiger partial charge on any atom is 0.326 e. The number of rotatable bonds is 5. The first-order valence-electron chi connectivity index (χ1n) is 6.65. The van der Waals surface area contributed by atoms with Gasteiger partial charge in [0.2, 0.25) is 0 Å². The van der Waals surface area contributed by atoms with Crippen LogP contribution in [0.1, 0.15) is 37.8 Å². The SMILES string of the molecule is CC(C)c1ccc(CNC(=O)N(C)C(C)C(=O)O)cc1. The second-order valence-corrected chi connectivity index (χ2v) is 5.18. The van der Waals surface area contributed by atoms with Crippen molar-refractivity contribution >= 4 is 12.0 Å². The Morgan fingerprint density at radius 1 is 1.20 bits per heavy atom. The fraction of sp³-hybridized carbons (Fsp3) is 0.467. The summed E-state index contributed by atoms with van der Waals surface area (Å²) >= 11 is 0. The molecule has 0 aromatic heterocycles. The zero-order valence-corrected chi connectivity index (χ0v) is 12.4. The molecule has 1 aromatic rings. The molecule has 110 valence electrons. The van der Waals surface area contributed by atoms with E-state index in [1.807, 2.05) is 24.3 Å². The summed E-state index contributed by atoms with van der Waals surface area (Å²) in [7, 11) is 1.47. The molecule has 0 heterocycles. The van der Waals surface area contributed by atoms with Gasteiger partial charge in [0, 0.05) is 13.6 Å². The number of hydrogen-bond acceptors (Lipinski definition) is 2. The largest absolute Gasteiger partial charge is 0.480 e. The van der Waals surface area contributed by atoms with Crippen molar-refractivity contribution in [3.63, 3.8) is 0 Å².